The molecule has 0 heterocycles. The molecular formula is C14H20Cl2N2O. The van der Waals surface area contributed by atoms with E-state index >= 15 is 0 Å². The van der Waals surface area contributed by atoms with E-state index in [4.69, 9.17) is 33.8 Å². The Balaban J connectivity index is 2.10. The number of rotatable bonds is 7. The van der Waals surface area contributed by atoms with Gasteiger partial charge in [0, 0.05) is 6.61 Å². The van der Waals surface area contributed by atoms with Crippen molar-refractivity contribution < 1.29 is 4.74 Å². The summed E-state index contributed by atoms with van der Waals surface area (Å²) in [7, 11) is 0. The second-order valence-electron chi connectivity index (χ2n) is 4.95. The highest BCUT2D eigenvalue weighted by Gasteiger charge is 2.37. The second-order valence-corrected chi connectivity index (χ2v) is 5.73. The fraction of sp³-hybridized carbons (Fsp3) is 0.571. The summed E-state index contributed by atoms with van der Waals surface area (Å²) in [6.07, 6.45) is 3.29. The predicted octanol–water partition coefficient (Wildman–Crippen LogP) is 3.18. The lowest BCUT2D eigenvalue weighted by Gasteiger charge is -2.27. The van der Waals surface area contributed by atoms with Crippen LogP contribution in [0.4, 0.5) is 0 Å². The van der Waals surface area contributed by atoms with Crippen LogP contribution in [0.5, 0.6) is 0 Å². The normalized spacial score (nSPS) is 18.3. The zero-order valence-electron chi connectivity index (χ0n) is 11.0. The molecule has 1 fully saturated rings. The Hall–Kier alpha value is -0.320. The molecule has 2 unspecified atom stereocenters. The quantitative estimate of drug-likeness (QED) is 0.601. The Labute approximate surface area is 124 Å². The van der Waals surface area contributed by atoms with E-state index in [2.05, 4.69) is 5.43 Å². The monoisotopic (exact) mass is 302 g/mol. The molecule has 0 spiro atoms. The minimum absolute atomic E-state index is 0.0587. The first-order valence-electron chi connectivity index (χ1n) is 6.68. The molecule has 3 nitrogen and oxygen atoms in total. The third-order valence-corrected chi connectivity index (χ3v) is 4.39. The number of halogens is 2. The van der Waals surface area contributed by atoms with Crippen molar-refractivity contribution in [1.82, 2.24) is 5.43 Å². The number of hydrogen-bond acceptors (Lipinski definition) is 3. The van der Waals surface area contributed by atoms with Crippen LogP contribution in [0.2, 0.25) is 10.0 Å². The lowest BCUT2D eigenvalue weighted by atomic mass is 9.98. The minimum atomic E-state index is 0.0587. The maximum atomic E-state index is 6.23. The average molecular weight is 303 g/mol. The zero-order chi connectivity index (χ0) is 13.8. The summed E-state index contributed by atoms with van der Waals surface area (Å²) in [6.45, 7) is 2.71. The maximum absolute atomic E-state index is 6.23. The molecule has 0 saturated heterocycles. The summed E-state index contributed by atoms with van der Waals surface area (Å²) < 4.78 is 5.84. The molecule has 19 heavy (non-hydrogen) atoms. The van der Waals surface area contributed by atoms with Crippen molar-refractivity contribution in [2.45, 2.75) is 38.3 Å². The standard InChI is InChI=1S/C14H20Cl2N2O/c1-2-19-14(9-6-7-9)12(18-17)8-10-4-3-5-11(15)13(10)16/h3-5,9,12,14,18H,2,6-8,17H2,1H3. The first kappa shape index (κ1) is 15.1. The van der Waals surface area contributed by atoms with E-state index in [0.29, 0.717) is 22.6 Å². The van der Waals surface area contributed by atoms with Crippen molar-refractivity contribution in [2.75, 3.05) is 6.61 Å². The molecule has 0 radical (unpaired) electrons. The van der Waals surface area contributed by atoms with E-state index in [0.717, 1.165) is 12.0 Å². The zero-order valence-corrected chi connectivity index (χ0v) is 12.5. The van der Waals surface area contributed by atoms with E-state index in [1.807, 2.05) is 19.1 Å². The number of benzene rings is 1. The van der Waals surface area contributed by atoms with Gasteiger partial charge in [-0.3, -0.25) is 11.3 Å². The number of nitrogens with one attached hydrogen (secondary N) is 1. The van der Waals surface area contributed by atoms with Crippen molar-refractivity contribution in [1.29, 1.82) is 0 Å². The summed E-state index contributed by atoms with van der Waals surface area (Å²) in [5, 5.41) is 1.18. The lowest BCUT2D eigenvalue weighted by Crippen LogP contribution is -2.47. The Morgan fingerprint density at radius 3 is 2.74 bits per heavy atom. The number of ether oxygens (including phenoxy) is 1. The number of hydrogen-bond donors (Lipinski definition) is 2. The predicted molar refractivity (Wildman–Crippen MR) is 79.4 cm³/mol. The van der Waals surface area contributed by atoms with Crippen LogP contribution in [-0.2, 0) is 11.2 Å². The van der Waals surface area contributed by atoms with Gasteiger partial charge in [0.15, 0.2) is 0 Å². The van der Waals surface area contributed by atoms with Gasteiger partial charge in [0.25, 0.3) is 0 Å². The van der Waals surface area contributed by atoms with Gasteiger partial charge in [0.05, 0.1) is 22.2 Å². The summed E-state index contributed by atoms with van der Waals surface area (Å²) in [5.74, 6) is 6.31. The van der Waals surface area contributed by atoms with Gasteiger partial charge in [-0.25, -0.2) is 0 Å². The van der Waals surface area contributed by atoms with Gasteiger partial charge < -0.3 is 4.74 Å². The SMILES string of the molecule is CCOC(C1CC1)C(Cc1cccc(Cl)c1Cl)NN. The van der Waals surface area contributed by atoms with E-state index in [9.17, 15) is 0 Å². The first-order chi connectivity index (χ1) is 9.17. The fourth-order valence-electron chi connectivity index (χ4n) is 2.41. The van der Waals surface area contributed by atoms with Crippen LogP contribution < -0.4 is 11.3 Å². The van der Waals surface area contributed by atoms with Gasteiger partial charge in [-0.15, -0.1) is 0 Å². The van der Waals surface area contributed by atoms with Crippen LogP contribution in [0.25, 0.3) is 0 Å². The Morgan fingerprint density at radius 1 is 1.42 bits per heavy atom. The van der Waals surface area contributed by atoms with Crippen LogP contribution >= 0.6 is 23.2 Å². The maximum Gasteiger partial charge on any atom is 0.0772 e. The van der Waals surface area contributed by atoms with Crippen molar-refractivity contribution in [3.8, 4) is 0 Å². The molecule has 1 aliphatic carbocycles. The Kier molecular flexibility index (Phi) is 5.48. The molecular weight excluding hydrogens is 283 g/mol. The van der Waals surface area contributed by atoms with Crippen molar-refractivity contribution >= 4 is 23.2 Å². The summed E-state index contributed by atoms with van der Waals surface area (Å²) in [5.41, 5.74) is 3.88. The third-order valence-electron chi connectivity index (χ3n) is 3.53. The van der Waals surface area contributed by atoms with Crippen LogP contribution in [-0.4, -0.2) is 18.8 Å². The molecule has 1 saturated carbocycles. The molecule has 2 atom stereocenters. The van der Waals surface area contributed by atoms with Gasteiger partial charge in [-0.2, -0.15) is 0 Å². The summed E-state index contributed by atoms with van der Waals surface area (Å²) >= 11 is 12.3. The van der Waals surface area contributed by atoms with Crippen molar-refractivity contribution in [3.05, 3.63) is 33.8 Å². The number of nitrogens with two attached hydrogens (primary N) is 1. The minimum Gasteiger partial charge on any atom is -0.377 e. The van der Waals surface area contributed by atoms with E-state index < -0.39 is 0 Å². The average Bonchev–Trinajstić information content (AvgIpc) is 3.23. The molecule has 0 bridgehead atoms. The van der Waals surface area contributed by atoms with Crippen molar-refractivity contribution in [2.24, 2.45) is 11.8 Å². The van der Waals surface area contributed by atoms with Crippen LogP contribution in [0, 0.1) is 5.92 Å². The molecule has 106 valence electrons. The highest BCUT2D eigenvalue weighted by Crippen LogP contribution is 2.37. The van der Waals surface area contributed by atoms with Gasteiger partial charge in [-0.05, 0) is 43.7 Å². The molecule has 5 heteroatoms. The second kappa shape index (κ2) is 6.91. The highest BCUT2D eigenvalue weighted by atomic mass is 35.5. The highest BCUT2D eigenvalue weighted by molar-refractivity contribution is 6.42. The Bertz CT molecular complexity index is 424. The molecule has 1 aromatic carbocycles. The first-order valence-corrected chi connectivity index (χ1v) is 7.43. The molecule has 0 aromatic heterocycles. The third kappa shape index (κ3) is 3.83. The van der Waals surface area contributed by atoms with Crippen LogP contribution in [0.3, 0.4) is 0 Å². The molecule has 1 aliphatic rings. The lowest BCUT2D eigenvalue weighted by molar-refractivity contribution is 0.0192. The van der Waals surface area contributed by atoms with E-state index in [1.165, 1.54) is 12.8 Å². The molecule has 0 amide bonds. The van der Waals surface area contributed by atoms with Gasteiger partial charge in [-0.1, -0.05) is 35.3 Å². The Morgan fingerprint density at radius 2 is 2.16 bits per heavy atom. The summed E-state index contributed by atoms with van der Waals surface area (Å²) in [6, 6.07) is 5.74. The topological polar surface area (TPSA) is 47.3 Å². The van der Waals surface area contributed by atoms with Gasteiger partial charge >= 0.3 is 0 Å². The van der Waals surface area contributed by atoms with Crippen LogP contribution in [0.15, 0.2) is 18.2 Å². The van der Waals surface area contributed by atoms with Gasteiger partial charge in [0.2, 0.25) is 0 Å². The molecule has 2 rings (SSSR count). The molecule has 0 aliphatic heterocycles. The summed E-state index contributed by atoms with van der Waals surface area (Å²) in [4.78, 5) is 0. The largest absolute Gasteiger partial charge is 0.377 e. The van der Waals surface area contributed by atoms with Crippen molar-refractivity contribution in [3.63, 3.8) is 0 Å². The number of hydrazine groups is 1. The van der Waals surface area contributed by atoms with E-state index in [1.54, 1.807) is 6.07 Å². The molecule has 3 N–H and O–H groups in total. The fourth-order valence-corrected chi connectivity index (χ4v) is 2.81. The van der Waals surface area contributed by atoms with E-state index in [-0.39, 0.29) is 12.1 Å². The molecule has 1 aromatic rings. The van der Waals surface area contributed by atoms with Crippen LogP contribution in [0.1, 0.15) is 25.3 Å². The smallest absolute Gasteiger partial charge is 0.0772 e. The van der Waals surface area contributed by atoms with Gasteiger partial charge in [0.1, 0.15) is 0 Å².